The van der Waals surface area contributed by atoms with Crippen molar-refractivity contribution in [1.82, 2.24) is 0 Å². The second-order valence-corrected chi connectivity index (χ2v) is 7.48. The molecule has 1 atom stereocenters. The fourth-order valence-electron chi connectivity index (χ4n) is 2.62. The number of rotatable bonds is 2. The fraction of sp³-hybridized carbons (Fsp3) is 0.235. The van der Waals surface area contributed by atoms with Gasteiger partial charge in [-0.3, -0.25) is 0 Å². The molecule has 0 fully saturated rings. The van der Waals surface area contributed by atoms with Gasteiger partial charge in [0.15, 0.2) is 0 Å². The van der Waals surface area contributed by atoms with E-state index in [4.69, 9.17) is 28.0 Å². The van der Waals surface area contributed by atoms with Crippen LogP contribution in [0.2, 0.25) is 10.0 Å². The van der Waals surface area contributed by atoms with E-state index in [1.54, 1.807) is 18.2 Å². The second-order valence-electron chi connectivity index (χ2n) is 5.75. The van der Waals surface area contributed by atoms with Gasteiger partial charge in [-0.15, -0.1) is 0 Å². The number of hydrogen-bond acceptors (Lipinski definition) is 2. The quantitative estimate of drug-likeness (QED) is 0.500. The van der Waals surface area contributed by atoms with Crippen LogP contribution in [-0.4, -0.2) is 11.9 Å². The number of aryl methyl sites for hydroxylation is 1. The summed E-state index contributed by atoms with van der Waals surface area (Å²) in [6.45, 7) is 1.88. The zero-order chi connectivity index (χ0) is 18.4. The highest BCUT2D eigenvalue weighted by Crippen LogP contribution is 2.49. The van der Waals surface area contributed by atoms with Crippen molar-refractivity contribution in [1.29, 1.82) is 0 Å². The van der Waals surface area contributed by atoms with E-state index in [1.807, 2.05) is 6.92 Å². The maximum atomic E-state index is 13.9. The van der Waals surface area contributed by atoms with Crippen molar-refractivity contribution >= 4 is 44.8 Å². The molecule has 0 aliphatic carbocycles. The van der Waals surface area contributed by atoms with Crippen LogP contribution in [0.25, 0.3) is 0 Å². The highest BCUT2D eigenvalue weighted by atomic mass is 79.9. The van der Waals surface area contributed by atoms with E-state index in [1.165, 1.54) is 18.2 Å². The van der Waals surface area contributed by atoms with Gasteiger partial charge in [-0.05, 0) is 36.8 Å². The zero-order valence-electron chi connectivity index (χ0n) is 12.8. The molecule has 132 valence electrons. The van der Waals surface area contributed by atoms with Gasteiger partial charge in [-0.1, -0.05) is 56.4 Å². The van der Waals surface area contributed by atoms with Gasteiger partial charge >= 0.3 is 6.18 Å². The molecule has 0 saturated carbocycles. The first kappa shape index (κ1) is 18.5. The van der Waals surface area contributed by atoms with Crippen LogP contribution in [0.15, 0.2) is 46.0 Å². The van der Waals surface area contributed by atoms with Crippen molar-refractivity contribution in [3.8, 4) is 0 Å². The first-order valence-electron chi connectivity index (χ1n) is 7.17. The summed E-state index contributed by atoms with van der Waals surface area (Å²) in [6.07, 6.45) is -5.17. The molecule has 0 bridgehead atoms. The Hall–Kier alpha value is -1.24. The van der Waals surface area contributed by atoms with Crippen molar-refractivity contribution in [3.05, 3.63) is 67.6 Å². The van der Waals surface area contributed by atoms with Gasteiger partial charge < -0.3 is 4.84 Å². The second kappa shape index (κ2) is 6.49. The molecule has 3 rings (SSSR count). The number of oxime groups is 1. The Morgan fingerprint density at radius 2 is 1.76 bits per heavy atom. The van der Waals surface area contributed by atoms with Gasteiger partial charge in [0.1, 0.15) is 0 Å². The van der Waals surface area contributed by atoms with E-state index in [0.29, 0.717) is 5.56 Å². The lowest BCUT2D eigenvalue weighted by Gasteiger charge is -2.29. The third-order valence-corrected chi connectivity index (χ3v) is 5.31. The van der Waals surface area contributed by atoms with Crippen molar-refractivity contribution in [2.75, 3.05) is 0 Å². The number of benzene rings is 2. The molecule has 8 heteroatoms. The SMILES string of the molecule is Cc1ccc(C2=NO[C@@](c3cc(Cl)cc(Cl)c3)(C(F)(F)F)C2)cc1Br. The first-order valence-corrected chi connectivity index (χ1v) is 8.72. The molecule has 0 saturated heterocycles. The highest BCUT2D eigenvalue weighted by molar-refractivity contribution is 9.10. The lowest BCUT2D eigenvalue weighted by molar-refractivity contribution is -0.275. The standard InChI is InChI=1S/C17H11BrCl2F3NO/c1-9-2-3-10(4-14(9)18)15-8-16(25-24-15,17(21,22)23)11-5-12(19)7-13(20)6-11/h2-7H,8H2,1H3/t16-/m0/s1. The van der Waals surface area contributed by atoms with Gasteiger partial charge in [0.2, 0.25) is 0 Å². The minimum absolute atomic E-state index is 0.0984. The topological polar surface area (TPSA) is 21.6 Å². The minimum atomic E-state index is -4.70. The maximum absolute atomic E-state index is 13.9. The Morgan fingerprint density at radius 3 is 2.32 bits per heavy atom. The molecule has 0 aromatic heterocycles. The summed E-state index contributed by atoms with van der Waals surface area (Å²) in [7, 11) is 0. The van der Waals surface area contributed by atoms with Gasteiger partial charge in [0.25, 0.3) is 5.60 Å². The van der Waals surface area contributed by atoms with E-state index in [-0.39, 0.29) is 21.3 Å². The van der Waals surface area contributed by atoms with Gasteiger partial charge in [-0.25, -0.2) is 0 Å². The molecule has 2 nitrogen and oxygen atoms in total. The fourth-order valence-corrected chi connectivity index (χ4v) is 3.52. The molecule has 1 heterocycles. The summed E-state index contributed by atoms with van der Waals surface area (Å²) in [4.78, 5) is 4.97. The van der Waals surface area contributed by atoms with E-state index < -0.39 is 18.2 Å². The molecule has 0 radical (unpaired) electrons. The number of nitrogens with zero attached hydrogens (tertiary/aromatic N) is 1. The molecular formula is C17H11BrCl2F3NO. The summed E-state index contributed by atoms with van der Waals surface area (Å²) < 4.78 is 42.5. The van der Waals surface area contributed by atoms with E-state index >= 15 is 0 Å². The zero-order valence-corrected chi connectivity index (χ0v) is 15.9. The Bertz CT molecular complexity index is 849. The van der Waals surface area contributed by atoms with Gasteiger partial charge in [-0.2, -0.15) is 13.2 Å². The van der Waals surface area contributed by atoms with E-state index in [2.05, 4.69) is 21.1 Å². The van der Waals surface area contributed by atoms with Crippen LogP contribution in [-0.2, 0) is 10.4 Å². The first-order chi connectivity index (χ1) is 11.6. The Balaban J connectivity index is 2.04. The van der Waals surface area contributed by atoms with Crippen LogP contribution in [0.1, 0.15) is 23.1 Å². The highest BCUT2D eigenvalue weighted by Gasteiger charge is 2.62. The predicted molar refractivity (Wildman–Crippen MR) is 95.3 cm³/mol. The monoisotopic (exact) mass is 451 g/mol. The Morgan fingerprint density at radius 1 is 1.12 bits per heavy atom. The number of alkyl halides is 3. The molecule has 1 aliphatic rings. The average molecular weight is 453 g/mol. The molecule has 0 spiro atoms. The van der Waals surface area contributed by atoms with Crippen LogP contribution in [0.3, 0.4) is 0 Å². The molecule has 1 aliphatic heterocycles. The van der Waals surface area contributed by atoms with Crippen molar-refractivity contribution in [2.24, 2.45) is 5.16 Å². The van der Waals surface area contributed by atoms with Crippen LogP contribution >= 0.6 is 39.1 Å². The smallest absolute Gasteiger partial charge is 0.374 e. The van der Waals surface area contributed by atoms with Crippen molar-refractivity contribution in [3.63, 3.8) is 0 Å². The number of hydrogen-bond donors (Lipinski definition) is 0. The molecule has 0 amide bonds. The van der Waals surface area contributed by atoms with Gasteiger partial charge in [0.05, 0.1) is 5.71 Å². The third kappa shape index (κ3) is 3.39. The number of halogens is 6. The van der Waals surface area contributed by atoms with Crippen LogP contribution in [0.5, 0.6) is 0 Å². The van der Waals surface area contributed by atoms with Gasteiger partial charge in [0, 0.05) is 32.1 Å². The Kier molecular flexibility index (Phi) is 4.81. The maximum Gasteiger partial charge on any atom is 0.435 e. The normalized spacial score (nSPS) is 20.4. The lowest BCUT2D eigenvalue weighted by atomic mass is 9.86. The summed E-state index contributed by atoms with van der Waals surface area (Å²) >= 11 is 15.1. The summed E-state index contributed by atoms with van der Waals surface area (Å²) in [6, 6.07) is 8.99. The van der Waals surface area contributed by atoms with Crippen LogP contribution < -0.4 is 0 Å². The molecule has 2 aromatic carbocycles. The Labute approximate surface area is 160 Å². The van der Waals surface area contributed by atoms with Crippen molar-refractivity contribution in [2.45, 2.75) is 25.1 Å². The molecule has 2 aromatic rings. The summed E-state index contributed by atoms with van der Waals surface area (Å²) in [5.41, 5.74) is -1.07. The summed E-state index contributed by atoms with van der Waals surface area (Å²) in [5, 5.41) is 3.92. The molecular weight excluding hydrogens is 442 g/mol. The van der Waals surface area contributed by atoms with Crippen LogP contribution in [0.4, 0.5) is 13.2 Å². The third-order valence-electron chi connectivity index (χ3n) is 4.02. The minimum Gasteiger partial charge on any atom is -0.374 e. The van der Waals surface area contributed by atoms with E-state index in [9.17, 15) is 13.2 Å². The van der Waals surface area contributed by atoms with E-state index in [0.717, 1.165) is 10.0 Å². The van der Waals surface area contributed by atoms with Crippen molar-refractivity contribution < 1.29 is 18.0 Å². The largest absolute Gasteiger partial charge is 0.435 e. The van der Waals surface area contributed by atoms with Crippen LogP contribution in [0, 0.1) is 6.92 Å². The lowest BCUT2D eigenvalue weighted by Crippen LogP contribution is -2.42. The predicted octanol–water partition coefficient (Wildman–Crippen LogP) is 6.65. The molecule has 0 unspecified atom stereocenters. The summed E-state index contributed by atoms with van der Waals surface area (Å²) in [5.74, 6) is 0. The average Bonchev–Trinajstić information content (AvgIpc) is 2.95. The molecule has 25 heavy (non-hydrogen) atoms. The molecule has 0 N–H and O–H groups in total.